The molecule has 1 rings (SSSR count). The van der Waals surface area contributed by atoms with Crippen molar-refractivity contribution in [1.29, 1.82) is 0 Å². The van der Waals surface area contributed by atoms with Crippen LogP contribution in [0.25, 0.3) is 0 Å². The van der Waals surface area contributed by atoms with Crippen LogP contribution in [-0.2, 0) is 0 Å². The van der Waals surface area contributed by atoms with E-state index >= 15 is 0 Å². The number of hydrogen-bond donors (Lipinski definition) is 1. The molecule has 0 heterocycles. The van der Waals surface area contributed by atoms with Crippen LogP contribution in [0.5, 0.6) is 0 Å². The molecule has 2 heteroatoms. The molecule has 0 aliphatic heterocycles. The average Bonchev–Trinajstić information content (AvgIpc) is 2.43. The second-order valence-corrected chi connectivity index (χ2v) is 6.22. The van der Waals surface area contributed by atoms with Crippen LogP contribution in [0.2, 0.25) is 0 Å². The Morgan fingerprint density at radius 3 is 2.19 bits per heavy atom. The molecule has 0 radical (unpaired) electrons. The summed E-state index contributed by atoms with van der Waals surface area (Å²) in [5.41, 5.74) is 6.01. The average molecular weight is 226 g/mol. The first-order chi connectivity index (χ1) is 7.49. The molecule has 0 amide bonds. The van der Waals surface area contributed by atoms with Crippen molar-refractivity contribution >= 4 is 0 Å². The van der Waals surface area contributed by atoms with Gasteiger partial charge in [-0.15, -0.1) is 0 Å². The van der Waals surface area contributed by atoms with Crippen LogP contribution in [0.4, 0.5) is 0 Å². The van der Waals surface area contributed by atoms with Crippen molar-refractivity contribution in [2.75, 3.05) is 13.6 Å². The molecular formula is C14H30N2. The highest BCUT2D eigenvalue weighted by Gasteiger charge is 2.17. The topological polar surface area (TPSA) is 29.3 Å². The highest BCUT2D eigenvalue weighted by atomic mass is 15.1. The lowest BCUT2D eigenvalue weighted by molar-refractivity contribution is 0.212. The van der Waals surface area contributed by atoms with Crippen LogP contribution in [0.3, 0.4) is 0 Å². The molecule has 0 unspecified atom stereocenters. The van der Waals surface area contributed by atoms with E-state index in [1.54, 1.807) is 0 Å². The van der Waals surface area contributed by atoms with Gasteiger partial charge in [0.2, 0.25) is 0 Å². The van der Waals surface area contributed by atoms with Gasteiger partial charge in [0.25, 0.3) is 0 Å². The van der Waals surface area contributed by atoms with Gasteiger partial charge in [-0.25, -0.2) is 0 Å². The molecule has 0 aromatic heterocycles. The molecule has 0 aromatic rings. The highest BCUT2D eigenvalue weighted by Crippen LogP contribution is 2.21. The van der Waals surface area contributed by atoms with E-state index in [9.17, 15) is 0 Å². The summed E-state index contributed by atoms with van der Waals surface area (Å²) in [4.78, 5) is 2.57. The quantitative estimate of drug-likeness (QED) is 0.730. The zero-order valence-corrected chi connectivity index (χ0v) is 11.5. The minimum absolute atomic E-state index is 0.00426. The second kappa shape index (κ2) is 6.61. The van der Waals surface area contributed by atoms with Gasteiger partial charge >= 0.3 is 0 Å². The van der Waals surface area contributed by atoms with Crippen molar-refractivity contribution in [3.63, 3.8) is 0 Å². The smallest absolute Gasteiger partial charge is 0.00975 e. The van der Waals surface area contributed by atoms with Crippen molar-refractivity contribution in [3.8, 4) is 0 Å². The van der Waals surface area contributed by atoms with Gasteiger partial charge in [-0.2, -0.15) is 0 Å². The Bertz CT molecular complexity index is 176. The molecule has 2 nitrogen and oxygen atoms in total. The van der Waals surface area contributed by atoms with Gasteiger partial charge in [0, 0.05) is 11.6 Å². The standard InChI is InChI=1S/C14H30N2/c1-14(2,15)11-8-12-16(3)13-9-6-4-5-7-10-13/h13H,4-12,15H2,1-3H3. The molecule has 0 aromatic carbocycles. The first-order valence-electron chi connectivity index (χ1n) is 6.98. The molecule has 1 fully saturated rings. The third-order valence-electron chi connectivity index (χ3n) is 3.78. The molecule has 1 aliphatic rings. The molecule has 1 aliphatic carbocycles. The Hall–Kier alpha value is -0.0800. The summed E-state index contributed by atoms with van der Waals surface area (Å²) in [6, 6.07) is 0.836. The summed E-state index contributed by atoms with van der Waals surface area (Å²) in [6.45, 7) is 5.46. The van der Waals surface area contributed by atoms with Crippen LogP contribution >= 0.6 is 0 Å². The fourth-order valence-corrected chi connectivity index (χ4v) is 2.67. The summed E-state index contributed by atoms with van der Waals surface area (Å²) in [7, 11) is 2.29. The molecule has 2 N–H and O–H groups in total. The van der Waals surface area contributed by atoms with Gasteiger partial charge < -0.3 is 10.6 Å². The largest absolute Gasteiger partial charge is 0.326 e. The van der Waals surface area contributed by atoms with Crippen molar-refractivity contribution in [1.82, 2.24) is 4.90 Å². The number of nitrogens with zero attached hydrogens (tertiary/aromatic N) is 1. The maximum absolute atomic E-state index is 6.01. The first kappa shape index (κ1) is 14.0. The van der Waals surface area contributed by atoms with Gasteiger partial charge in [-0.1, -0.05) is 25.7 Å². The predicted octanol–water partition coefficient (Wildman–Crippen LogP) is 3.16. The monoisotopic (exact) mass is 226 g/mol. The van der Waals surface area contributed by atoms with Crippen LogP contribution in [0.1, 0.15) is 65.2 Å². The normalized spacial score (nSPS) is 20.1. The Labute approximate surface area is 102 Å². The second-order valence-electron chi connectivity index (χ2n) is 6.22. The SMILES string of the molecule is CN(CCCC(C)(C)N)C1CCCCCC1. The Kier molecular flexibility index (Phi) is 5.77. The van der Waals surface area contributed by atoms with Gasteiger partial charge in [0.15, 0.2) is 0 Å². The molecule has 0 spiro atoms. The molecule has 16 heavy (non-hydrogen) atoms. The van der Waals surface area contributed by atoms with Crippen LogP contribution in [0, 0.1) is 0 Å². The van der Waals surface area contributed by atoms with E-state index in [2.05, 4.69) is 25.8 Å². The van der Waals surface area contributed by atoms with Crippen LogP contribution in [0.15, 0.2) is 0 Å². The number of nitrogens with two attached hydrogens (primary N) is 1. The van der Waals surface area contributed by atoms with Crippen LogP contribution in [-0.4, -0.2) is 30.1 Å². The predicted molar refractivity (Wildman–Crippen MR) is 71.6 cm³/mol. The van der Waals surface area contributed by atoms with E-state index in [0.29, 0.717) is 0 Å². The van der Waals surface area contributed by atoms with Gasteiger partial charge in [0.1, 0.15) is 0 Å². The molecule has 0 bridgehead atoms. The van der Waals surface area contributed by atoms with Gasteiger partial charge in [-0.3, -0.25) is 0 Å². The van der Waals surface area contributed by atoms with Crippen LogP contribution < -0.4 is 5.73 Å². The first-order valence-corrected chi connectivity index (χ1v) is 6.98. The fourth-order valence-electron chi connectivity index (χ4n) is 2.67. The zero-order valence-electron chi connectivity index (χ0n) is 11.5. The van der Waals surface area contributed by atoms with Crippen molar-refractivity contribution in [2.24, 2.45) is 5.73 Å². The summed E-state index contributed by atoms with van der Waals surface area (Å²) >= 11 is 0. The van der Waals surface area contributed by atoms with E-state index in [1.165, 1.54) is 51.5 Å². The summed E-state index contributed by atoms with van der Waals surface area (Å²) in [5.74, 6) is 0. The van der Waals surface area contributed by atoms with Crippen molar-refractivity contribution in [2.45, 2.75) is 76.8 Å². The Balaban J connectivity index is 2.20. The lowest BCUT2D eigenvalue weighted by atomic mass is 9.99. The molecule has 96 valence electrons. The number of rotatable bonds is 5. The molecule has 0 atom stereocenters. The molecular weight excluding hydrogens is 196 g/mol. The molecule has 1 saturated carbocycles. The maximum atomic E-state index is 6.01. The van der Waals surface area contributed by atoms with E-state index in [0.717, 1.165) is 12.5 Å². The minimum Gasteiger partial charge on any atom is -0.326 e. The molecule has 0 saturated heterocycles. The minimum atomic E-state index is 0.00426. The van der Waals surface area contributed by atoms with E-state index < -0.39 is 0 Å². The Morgan fingerprint density at radius 2 is 1.69 bits per heavy atom. The number of hydrogen-bond acceptors (Lipinski definition) is 2. The lowest BCUT2D eigenvalue weighted by Gasteiger charge is -2.28. The fraction of sp³-hybridized carbons (Fsp3) is 1.00. The lowest BCUT2D eigenvalue weighted by Crippen LogP contribution is -2.35. The maximum Gasteiger partial charge on any atom is 0.00975 e. The van der Waals surface area contributed by atoms with Crippen molar-refractivity contribution in [3.05, 3.63) is 0 Å². The van der Waals surface area contributed by atoms with E-state index in [4.69, 9.17) is 5.73 Å². The third kappa shape index (κ3) is 5.86. The van der Waals surface area contributed by atoms with E-state index in [1.807, 2.05) is 0 Å². The summed E-state index contributed by atoms with van der Waals surface area (Å²) < 4.78 is 0. The van der Waals surface area contributed by atoms with Crippen molar-refractivity contribution < 1.29 is 0 Å². The summed E-state index contributed by atoms with van der Waals surface area (Å²) in [6.07, 6.45) is 10.9. The zero-order chi connectivity index (χ0) is 12.0. The Morgan fingerprint density at radius 1 is 1.12 bits per heavy atom. The van der Waals surface area contributed by atoms with E-state index in [-0.39, 0.29) is 5.54 Å². The summed E-state index contributed by atoms with van der Waals surface area (Å²) in [5, 5.41) is 0. The van der Waals surface area contributed by atoms with Gasteiger partial charge in [0.05, 0.1) is 0 Å². The highest BCUT2D eigenvalue weighted by molar-refractivity contribution is 4.75. The van der Waals surface area contributed by atoms with Gasteiger partial charge in [-0.05, 0) is 53.1 Å². The third-order valence-corrected chi connectivity index (χ3v) is 3.78.